The summed E-state index contributed by atoms with van der Waals surface area (Å²) in [5, 5.41) is 9.24. The third kappa shape index (κ3) is 5.37. The van der Waals surface area contributed by atoms with Crippen LogP contribution in [0.15, 0.2) is 88.6 Å². The molecule has 0 saturated carbocycles. The van der Waals surface area contributed by atoms with Crippen LogP contribution in [0.3, 0.4) is 0 Å². The highest BCUT2D eigenvalue weighted by Gasteiger charge is 2.15. The number of amides is 1. The number of benzene rings is 3. The molecule has 0 spiro atoms. The van der Waals surface area contributed by atoms with E-state index in [1.807, 2.05) is 42.5 Å². The van der Waals surface area contributed by atoms with Crippen LogP contribution in [0.5, 0.6) is 11.5 Å². The van der Waals surface area contributed by atoms with E-state index in [9.17, 15) is 9.59 Å². The molecule has 0 saturated heterocycles. The van der Waals surface area contributed by atoms with Gasteiger partial charge >= 0.3 is 5.97 Å². The van der Waals surface area contributed by atoms with Gasteiger partial charge in [-0.25, -0.2) is 10.2 Å². The third-order valence-corrected chi connectivity index (χ3v) is 4.74. The molecule has 166 valence electrons. The molecule has 1 heterocycles. The van der Waals surface area contributed by atoms with Crippen LogP contribution in [-0.4, -0.2) is 31.7 Å². The smallest absolute Gasteiger partial charge is 0.379 e. The van der Waals surface area contributed by atoms with Gasteiger partial charge in [-0.3, -0.25) is 4.79 Å². The zero-order chi connectivity index (χ0) is 23.0. The fourth-order valence-electron chi connectivity index (χ4n) is 3.17. The summed E-state index contributed by atoms with van der Waals surface area (Å²) in [7, 11) is 1.46. The molecule has 33 heavy (non-hydrogen) atoms. The second-order valence-corrected chi connectivity index (χ2v) is 6.95. The van der Waals surface area contributed by atoms with E-state index < -0.39 is 5.97 Å². The Balaban J connectivity index is 1.33. The van der Waals surface area contributed by atoms with Crippen molar-refractivity contribution in [1.82, 2.24) is 5.43 Å². The van der Waals surface area contributed by atoms with Crippen molar-refractivity contribution >= 4 is 34.6 Å². The van der Waals surface area contributed by atoms with Crippen molar-refractivity contribution in [2.75, 3.05) is 19.0 Å². The summed E-state index contributed by atoms with van der Waals surface area (Å²) in [6, 6.07) is 21.8. The molecule has 0 fully saturated rings. The van der Waals surface area contributed by atoms with E-state index in [1.54, 1.807) is 24.3 Å². The van der Waals surface area contributed by atoms with Crippen LogP contribution >= 0.6 is 0 Å². The van der Waals surface area contributed by atoms with Gasteiger partial charge < -0.3 is 19.2 Å². The number of hydrogen-bond acceptors (Lipinski definition) is 7. The number of ether oxygens (including phenoxy) is 2. The number of nitrogens with zero attached hydrogens (tertiary/aromatic N) is 1. The van der Waals surface area contributed by atoms with Gasteiger partial charge in [-0.2, -0.15) is 5.10 Å². The number of fused-ring (bicyclic) bond motifs is 1. The van der Waals surface area contributed by atoms with Crippen molar-refractivity contribution in [3.8, 4) is 11.5 Å². The van der Waals surface area contributed by atoms with Crippen LogP contribution in [0.4, 0.5) is 5.69 Å². The zero-order valence-corrected chi connectivity index (χ0v) is 17.8. The van der Waals surface area contributed by atoms with Gasteiger partial charge in [-0.05, 0) is 47.3 Å². The maximum absolute atomic E-state index is 12.2. The number of rotatable bonds is 8. The van der Waals surface area contributed by atoms with Gasteiger partial charge in [0.1, 0.15) is 0 Å². The van der Waals surface area contributed by atoms with Crippen LogP contribution in [0.2, 0.25) is 0 Å². The first kappa shape index (κ1) is 21.6. The quantitative estimate of drug-likeness (QED) is 0.183. The van der Waals surface area contributed by atoms with Crippen LogP contribution in [0.1, 0.15) is 16.1 Å². The molecule has 1 amide bonds. The number of esters is 1. The van der Waals surface area contributed by atoms with Gasteiger partial charge in [-0.1, -0.05) is 36.4 Å². The maximum Gasteiger partial charge on any atom is 0.379 e. The number of carbonyl (C=O) groups excluding carboxylic acids is 2. The monoisotopic (exact) mass is 443 g/mol. The van der Waals surface area contributed by atoms with E-state index in [2.05, 4.69) is 15.8 Å². The lowest BCUT2D eigenvalue weighted by molar-refractivity contribution is -0.119. The van der Waals surface area contributed by atoms with Gasteiger partial charge in [0, 0.05) is 11.1 Å². The van der Waals surface area contributed by atoms with Crippen LogP contribution in [-0.2, 0) is 4.79 Å². The molecular weight excluding hydrogens is 422 g/mol. The SMILES string of the molecule is COc1cc(C=NNC(=O)CNc2cccc3ccccc23)ccc1OC(=O)c1ccco1. The minimum Gasteiger partial charge on any atom is -0.493 e. The molecule has 0 atom stereocenters. The molecule has 1 aromatic heterocycles. The molecule has 0 aliphatic heterocycles. The number of nitrogens with one attached hydrogen (secondary N) is 2. The summed E-state index contributed by atoms with van der Waals surface area (Å²) in [5.41, 5.74) is 4.00. The Labute approximate surface area is 189 Å². The lowest BCUT2D eigenvalue weighted by Gasteiger charge is -2.09. The predicted octanol–water partition coefficient (Wildman–Crippen LogP) is 4.22. The maximum atomic E-state index is 12.2. The number of hydrazone groups is 1. The minimum atomic E-state index is -0.634. The Kier molecular flexibility index (Phi) is 6.65. The summed E-state index contributed by atoms with van der Waals surface area (Å²) in [5.74, 6) is -0.273. The number of anilines is 1. The number of methoxy groups -OCH3 is 1. The Morgan fingerprint density at radius 1 is 1.00 bits per heavy atom. The molecule has 2 N–H and O–H groups in total. The molecule has 0 unspecified atom stereocenters. The standard InChI is InChI=1S/C25H21N3O5/c1-31-23-14-17(11-12-21(23)33-25(30)22-10-5-13-32-22)15-27-28-24(29)16-26-20-9-4-7-18-6-2-3-8-19(18)20/h2-15,26H,16H2,1H3,(H,28,29). The third-order valence-electron chi connectivity index (χ3n) is 4.74. The van der Waals surface area contributed by atoms with Crippen molar-refractivity contribution in [3.05, 3.63) is 90.4 Å². The van der Waals surface area contributed by atoms with Crippen molar-refractivity contribution in [2.45, 2.75) is 0 Å². The zero-order valence-electron chi connectivity index (χ0n) is 17.8. The summed E-state index contributed by atoms with van der Waals surface area (Å²) in [6.07, 6.45) is 2.86. The molecule has 3 aromatic carbocycles. The average molecular weight is 443 g/mol. The van der Waals surface area contributed by atoms with E-state index in [-0.39, 0.29) is 24.0 Å². The first-order valence-corrected chi connectivity index (χ1v) is 10.1. The highest BCUT2D eigenvalue weighted by Crippen LogP contribution is 2.28. The van der Waals surface area contributed by atoms with Crippen molar-refractivity contribution in [2.24, 2.45) is 5.10 Å². The van der Waals surface area contributed by atoms with Crippen molar-refractivity contribution < 1.29 is 23.5 Å². The van der Waals surface area contributed by atoms with Crippen LogP contribution < -0.4 is 20.2 Å². The number of hydrogen-bond donors (Lipinski definition) is 2. The van der Waals surface area contributed by atoms with Crippen molar-refractivity contribution in [1.29, 1.82) is 0 Å². The largest absolute Gasteiger partial charge is 0.493 e. The number of furan rings is 1. The fourth-order valence-corrected chi connectivity index (χ4v) is 3.17. The fraction of sp³-hybridized carbons (Fsp3) is 0.0800. The minimum absolute atomic E-state index is 0.0658. The molecule has 0 aliphatic carbocycles. The van der Waals surface area contributed by atoms with Crippen molar-refractivity contribution in [3.63, 3.8) is 0 Å². The van der Waals surface area contributed by atoms with E-state index in [4.69, 9.17) is 13.9 Å². The molecule has 8 nitrogen and oxygen atoms in total. The first-order chi connectivity index (χ1) is 16.1. The molecule has 4 aromatic rings. The molecule has 8 heteroatoms. The second-order valence-electron chi connectivity index (χ2n) is 6.95. The molecule has 4 rings (SSSR count). The van der Waals surface area contributed by atoms with Gasteiger partial charge in [-0.15, -0.1) is 0 Å². The normalized spacial score (nSPS) is 10.8. The summed E-state index contributed by atoms with van der Waals surface area (Å²) < 4.78 is 15.6. The summed E-state index contributed by atoms with van der Waals surface area (Å²) >= 11 is 0. The predicted molar refractivity (Wildman–Crippen MR) is 125 cm³/mol. The van der Waals surface area contributed by atoms with E-state index in [1.165, 1.54) is 25.7 Å². The summed E-state index contributed by atoms with van der Waals surface area (Å²) in [6.45, 7) is 0.0658. The molecule has 0 aliphatic rings. The first-order valence-electron chi connectivity index (χ1n) is 10.1. The Morgan fingerprint density at radius 3 is 2.67 bits per heavy atom. The molecule has 0 bridgehead atoms. The lowest BCUT2D eigenvalue weighted by atomic mass is 10.1. The lowest BCUT2D eigenvalue weighted by Crippen LogP contribution is -2.25. The van der Waals surface area contributed by atoms with E-state index in [0.717, 1.165) is 16.5 Å². The van der Waals surface area contributed by atoms with Crippen LogP contribution in [0.25, 0.3) is 10.8 Å². The Morgan fingerprint density at radius 2 is 1.85 bits per heavy atom. The average Bonchev–Trinajstić information content (AvgIpc) is 3.39. The molecule has 0 radical (unpaired) electrons. The topological polar surface area (TPSA) is 102 Å². The van der Waals surface area contributed by atoms with Gasteiger partial charge in [0.05, 0.1) is 26.1 Å². The van der Waals surface area contributed by atoms with E-state index >= 15 is 0 Å². The summed E-state index contributed by atoms with van der Waals surface area (Å²) in [4.78, 5) is 24.2. The second kappa shape index (κ2) is 10.1. The van der Waals surface area contributed by atoms with Gasteiger partial charge in [0.25, 0.3) is 5.91 Å². The van der Waals surface area contributed by atoms with Crippen LogP contribution in [0, 0.1) is 0 Å². The highest BCUT2D eigenvalue weighted by atomic mass is 16.6. The Hall–Kier alpha value is -4.59. The van der Waals surface area contributed by atoms with Gasteiger partial charge in [0.2, 0.25) is 5.76 Å². The Bertz CT molecular complexity index is 1290. The molecular formula is C25H21N3O5. The highest BCUT2D eigenvalue weighted by molar-refractivity contribution is 5.95. The van der Waals surface area contributed by atoms with Gasteiger partial charge in [0.15, 0.2) is 11.5 Å². The van der Waals surface area contributed by atoms with E-state index in [0.29, 0.717) is 11.3 Å². The number of carbonyl (C=O) groups is 2.